The third kappa shape index (κ3) is 3.75. The molecule has 1 nitrogen and oxygen atoms in total. The number of aliphatic hydroxyl groups is 1. The van der Waals surface area contributed by atoms with Gasteiger partial charge in [0.2, 0.25) is 0 Å². The molecule has 0 aliphatic carbocycles. The van der Waals surface area contributed by atoms with Crippen LogP contribution in [0.5, 0.6) is 0 Å². The summed E-state index contributed by atoms with van der Waals surface area (Å²) in [5.74, 6) is 0.903. The Hall–Kier alpha value is -0.960. The lowest BCUT2D eigenvalue weighted by molar-refractivity contribution is 0.199. The summed E-state index contributed by atoms with van der Waals surface area (Å²) in [4.78, 5) is 1.05. The van der Waals surface area contributed by atoms with E-state index in [0.717, 1.165) is 16.2 Å². The van der Waals surface area contributed by atoms with Gasteiger partial charge in [-0.3, -0.25) is 0 Å². The van der Waals surface area contributed by atoms with E-state index in [1.54, 1.807) is 18.7 Å². The van der Waals surface area contributed by atoms with Crippen molar-refractivity contribution in [2.45, 2.75) is 30.6 Å². The minimum atomic E-state index is -0.479. The first-order valence-corrected chi connectivity index (χ1v) is 7.59. The van der Waals surface area contributed by atoms with Gasteiger partial charge < -0.3 is 5.11 Å². The minimum absolute atomic E-state index is 0.479. The van der Waals surface area contributed by atoms with Crippen LogP contribution in [0.25, 0.3) is 0 Å². The van der Waals surface area contributed by atoms with Crippen LogP contribution in [-0.2, 0) is 5.75 Å². The number of hydrogen-bond donors (Lipinski definition) is 1. The quantitative estimate of drug-likeness (QED) is 0.801. The highest BCUT2D eigenvalue weighted by Crippen LogP contribution is 2.32. The zero-order valence-electron chi connectivity index (χ0n) is 11.1. The molecule has 19 heavy (non-hydrogen) atoms. The molecule has 0 saturated carbocycles. The Labute approximate surface area is 123 Å². The summed E-state index contributed by atoms with van der Waals surface area (Å²) < 4.78 is 0. The number of benzene rings is 2. The van der Waals surface area contributed by atoms with Gasteiger partial charge in [-0.05, 0) is 42.7 Å². The molecule has 0 amide bonds. The van der Waals surface area contributed by atoms with E-state index in [1.165, 1.54) is 11.1 Å². The van der Waals surface area contributed by atoms with Gasteiger partial charge in [0.05, 0.1) is 11.1 Å². The Bertz CT molecular complexity index is 566. The molecule has 0 radical (unpaired) electrons. The molecule has 0 aliphatic heterocycles. The van der Waals surface area contributed by atoms with Gasteiger partial charge in [0, 0.05) is 10.6 Å². The number of thioether (sulfide) groups is 1. The number of halogens is 1. The maximum Gasteiger partial charge on any atom is 0.0762 e. The molecule has 3 heteroatoms. The van der Waals surface area contributed by atoms with Crippen molar-refractivity contribution in [2.24, 2.45) is 0 Å². The maximum atomic E-state index is 9.52. The fraction of sp³-hybridized carbons (Fsp3) is 0.250. The van der Waals surface area contributed by atoms with Gasteiger partial charge >= 0.3 is 0 Å². The monoisotopic (exact) mass is 292 g/mol. The summed E-state index contributed by atoms with van der Waals surface area (Å²) in [5.41, 5.74) is 3.47. The van der Waals surface area contributed by atoms with Crippen LogP contribution >= 0.6 is 23.4 Å². The van der Waals surface area contributed by atoms with E-state index in [2.05, 4.69) is 25.1 Å². The summed E-state index contributed by atoms with van der Waals surface area (Å²) >= 11 is 7.97. The van der Waals surface area contributed by atoms with Gasteiger partial charge in [0.25, 0.3) is 0 Å². The van der Waals surface area contributed by atoms with E-state index in [4.69, 9.17) is 11.6 Å². The normalized spacial score (nSPS) is 12.4. The summed E-state index contributed by atoms with van der Waals surface area (Å²) in [6.07, 6.45) is -0.479. The van der Waals surface area contributed by atoms with Crippen LogP contribution < -0.4 is 0 Å². The molecule has 1 atom stereocenters. The molecule has 0 aromatic heterocycles. The predicted molar refractivity (Wildman–Crippen MR) is 82.8 cm³/mol. The van der Waals surface area contributed by atoms with Gasteiger partial charge in [-0.15, -0.1) is 11.8 Å². The first-order valence-electron chi connectivity index (χ1n) is 6.22. The second kappa shape index (κ2) is 6.47. The van der Waals surface area contributed by atoms with Crippen molar-refractivity contribution in [1.29, 1.82) is 0 Å². The van der Waals surface area contributed by atoms with E-state index in [9.17, 15) is 5.11 Å². The molecular formula is C16H17ClOS. The van der Waals surface area contributed by atoms with Crippen LogP contribution in [0.2, 0.25) is 5.02 Å². The summed E-state index contributed by atoms with van der Waals surface area (Å²) in [6, 6.07) is 14.1. The van der Waals surface area contributed by atoms with Crippen molar-refractivity contribution in [3.05, 3.63) is 64.2 Å². The van der Waals surface area contributed by atoms with Gasteiger partial charge in [-0.2, -0.15) is 0 Å². The fourth-order valence-corrected chi connectivity index (χ4v) is 3.17. The highest BCUT2D eigenvalue weighted by atomic mass is 35.5. The van der Waals surface area contributed by atoms with Crippen molar-refractivity contribution in [3.8, 4) is 0 Å². The zero-order chi connectivity index (χ0) is 13.8. The molecule has 100 valence electrons. The van der Waals surface area contributed by atoms with Crippen LogP contribution in [0.3, 0.4) is 0 Å². The molecular weight excluding hydrogens is 276 g/mol. The van der Waals surface area contributed by atoms with E-state index in [1.807, 2.05) is 24.3 Å². The summed E-state index contributed by atoms with van der Waals surface area (Å²) in [6.45, 7) is 3.86. The standard InChI is InChI=1S/C16H17ClOS/c1-11-5-3-4-6-14(11)10-19-16-8-7-13(12(2)18)9-15(16)17/h3-9,12,18H,10H2,1-2H3/t12-/m0/s1. The molecule has 2 aromatic carbocycles. The Morgan fingerprint density at radius 1 is 1.21 bits per heavy atom. The average Bonchev–Trinajstić information content (AvgIpc) is 2.39. The van der Waals surface area contributed by atoms with Crippen molar-refractivity contribution in [2.75, 3.05) is 0 Å². The molecule has 0 bridgehead atoms. The van der Waals surface area contributed by atoms with Crippen molar-refractivity contribution < 1.29 is 5.11 Å². The van der Waals surface area contributed by atoms with Crippen LogP contribution in [0.1, 0.15) is 29.7 Å². The summed E-state index contributed by atoms with van der Waals surface area (Å²) in [7, 11) is 0. The Morgan fingerprint density at radius 3 is 2.58 bits per heavy atom. The topological polar surface area (TPSA) is 20.2 Å². The van der Waals surface area contributed by atoms with Gasteiger partial charge in [-0.25, -0.2) is 0 Å². The Balaban J connectivity index is 2.10. The van der Waals surface area contributed by atoms with E-state index in [-0.39, 0.29) is 0 Å². The van der Waals surface area contributed by atoms with E-state index >= 15 is 0 Å². The highest BCUT2D eigenvalue weighted by Gasteiger charge is 2.07. The smallest absolute Gasteiger partial charge is 0.0762 e. The molecule has 0 saturated heterocycles. The first kappa shape index (κ1) is 14.4. The molecule has 0 fully saturated rings. The maximum absolute atomic E-state index is 9.52. The second-order valence-electron chi connectivity index (χ2n) is 4.58. The molecule has 2 aromatic rings. The molecule has 0 unspecified atom stereocenters. The third-order valence-electron chi connectivity index (χ3n) is 3.08. The van der Waals surface area contributed by atoms with Crippen molar-refractivity contribution >= 4 is 23.4 Å². The second-order valence-corrected chi connectivity index (χ2v) is 6.01. The van der Waals surface area contributed by atoms with Crippen LogP contribution in [-0.4, -0.2) is 5.11 Å². The zero-order valence-corrected chi connectivity index (χ0v) is 12.6. The number of aryl methyl sites for hydroxylation is 1. The molecule has 0 heterocycles. The van der Waals surface area contributed by atoms with E-state index < -0.39 is 6.10 Å². The number of aliphatic hydroxyl groups excluding tert-OH is 1. The third-order valence-corrected chi connectivity index (χ3v) is 4.63. The molecule has 2 rings (SSSR count). The lowest BCUT2D eigenvalue weighted by Gasteiger charge is -2.10. The van der Waals surface area contributed by atoms with Gasteiger partial charge in [0.1, 0.15) is 0 Å². The fourth-order valence-electron chi connectivity index (χ4n) is 1.82. The SMILES string of the molecule is Cc1ccccc1CSc1ccc([C@H](C)O)cc1Cl. The molecule has 0 aliphatic rings. The average molecular weight is 293 g/mol. The molecule has 0 spiro atoms. The van der Waals surface area contributed by atoms with Crippen molar-refractivity contribution in [3.63, 3.8) is 0 Å². The van der Waals surface area contributed by atoms with Crippen LogP contribution in [0, 0.1) is 6.92 Å². The minimum Gasteiger partial charge on any atom is -0.389 e. The van der Waals surface area contributed by atoms with Crippen molar-refractivity contribution in [1.82, 2.24) is 0 Å². The lowest BCUT2D eigenvalue weighted by atomic mass is 10.1. The van der Waals surface area contributed by atoms with Crippen LogP contribution in [0.4, 0.5) is 0 Å². The van der Waals surface area contributed by atoms with E-state index in [0.29, 0.717) is 5.02 Å². The predicted octanol–water partition coefficient (Wildman–Crippen LogP) is 4.99. The Kier molecular flexibility index (Phi) is 4.92. The summed E-state index contributed by atoms with van der Waals surface area (Å²) in [5, 5.41) is 10.2. The lowest BCUT2D eigenvalue weighted by Crippen LogP contribution is -1.91. The Morgan fingerprint density at radius 2 is 1.95 bits per heavy atom. The first-order chi connectivity index (χ1) is 9.08. The highest BCUT2D eigenvalue weighted by molar-refractivity contribution is 7.98. The van der Waals surface area contributed by atoms with Gasteiger partial charge in [0.15, 0.2) is 0 Å². The number of hydrogen-bond acceptors (Lipinski definition) is 2. The largest absolute Gasteiger partial charge is 0.389 e. The van der Waals surface area contributed by atoms with Gasteiger partial charge in [-0.1, -0.05) is 41.9 Å². The molecule has 1 N–H and O–H groups in total. The van der Waals surface area contributed by atoms with Crippen LogP contribution in [0.15, 0.2) is 47.4 Å². The number of rotatable bonds is 4.